The molecule has 0 radical (unpaired) electrons. The molecule has 7 heteroatoms. The zero-order valence-electron chi connectivity index (χ0n) is 24.9. The second kappa shape index (κ2) is 17.5. The molecule has 226 valence electrons. The summed E-state index contributed by atoms with van der Waals surface area (Å²) in [7, 11) is 1.74. The van der Waals surface area contributed by atoms with Crippen molar-refractivity contribution in [1.29, 1.82) is 0 Å². The van der Waals surface area contributed by atoms with Gasteiger partial charge >= 0.3 is 0 Å². The molecule has 1 unspecified atom stereocenters. The van der Waals surface area contributed by atoms with Crippen LogP contribution < -0.4 is 0 Å². The van der Waals surface area contributed by atoms with Crippen LogP contribution in [0.5, 0.6) is 0 Å². The largest absolute Gasteiger partial charge is 0.394 e. The van der Waals surface area contributed by atoms with Gasteiger partial charge in [0.15, 0.2) is 0 Å². The fourth-order valence-electron chi connectivity index (χ4n) is 5.75. The molecule has 3 N–H and O–H groups in total. The summed E-state index contributed by atoms with van der Waals surface area (Å²) in [4.78, 5) is 0. The zero-order chi connectivity index (χ0) is 28.9. The van der Waals surface area contributed by atoms with E-state index >= 15 is 0 Å². The van der Waals surface area contributed by atoms with Crippen LogP contribution in [-0.2, 0) is 25.6 Å². The van der Waals surface area contributed by atoms with Crippen LogP contribution in [0.15, 0.2) is 30.3 Å². The third kappa shape index (κ3) is 11.8. The van der Waals surface area contributed by atoms with E-state index in [0.717, 1.165) is 37.7 Å². The third-order valence-corrected chi connectivity index (χ3v) is 8.08. The minimum Gasteiger partial charge on any atom is -0.394 e. The van der Waals surface area contributed by atoms with Gasteiger partial charge in [-0.2, -0.15) is 0 Å². The predicted octanol–water partition coefficient (Wildman–Crippen LogP) is 4.64. The highest BCUT2D eigenvalue weighted by atomic mass is 16.5. The standard InChI is InChI=1S/C33H52O7/c1-23(2)9-8-12-26(35)15-28-14-13-24(3)33(40-28)20-29(37-4)17-32-19-30(18-31(39-32)16-27(36)21-34)38-22-25-10-6-5-7-11-25/h5-7,10-11,23-24,26-36H,9,13-22H2,1-4H3/t24-,26-,27?,28-,29-,30+,31-,32+,33+/m0/s1. The quantitative estimate of drug-likeness (QED) is 0.285. The average Bonchev–Trinajstić information content (AvgIpc) is 2.93. The number of hydrogen-bond acceptors (Lipinski definition) is 7. The van der Waals surface area contributed by atoms with Crippen molar-refractivity contribution in [2.75, 3.05) is 13.7 Å². The number of methoxy groups -OCH3 is 1. The molecule has 40 heavy (non-hydrogen) atoms. The highest BCUT2D eigenvalue weighted by Gasteiger charge is 2.35. The van der Waals surface area contributed by atoms with E-state index in [-0.39, 0.29) is 43.2 Å². The normalized spacial score (nSPS) is 29.4. The summed E-state index contributed by atoms with van der Waals surface area (Å²) in [6.45, 7) is 6.72. The van der Waals surface area contributed by atoms with E-state index in [4.69, 9.17) is 18.9 Å². The number of hydrogen-bond donors (Lipinski definition) is 3. The van der Waals surface area contributed by atoms with Crippen LogP contribution in [-0.4, -0.2) is 77.9 Å². The van der Waals surface area contributed by atoms with Gasteiger partial charge in [0.05, 0.1) is 55.9 Å². The van der Waals surface area contributed by atoms with Gasteiger partial charge in [-0.3, -0.25) is 0 Å². The Kier molecular flexibility index (Phi) is 14.4. The second-order valence-electron chi connectivity index (χ2n) is 12.2. The van der Waals surface area contributed by atoms with Gasteiger partial charge in [-0.05, 0) is 49.5 Å². The lowest BCUT2D eigenvalue weighted by Crippen LogP contribution is -2.42. The molecule has 7 nitrogen and oxygen atoms in total. The van der Waals surface area contributed by atoms with Crippen molar-refractivity contribution in [3.05, 3.63) is 35.9 Å². The Hall–Kier alpha value is -1.50. The third-order valence-electron chi connectivity index (χ3n) is 8.08. The molecule has 2 aliphatic rings. The van der Waals surface area contributed by atoms with Crippen molar-refractivity contribution < 1.29 is 34.3 Å². The van der Waals surface area contributed by atoms with Crippen LogP contribution in [0.2, 0.25) is 0 Å². The summed E-state index contributed by atoms with van der Waals surface area (Å²) in [6.07, 6.45) is 4.82. The number of aliphatic hydroxyl groups excluding tert-OH is 3. The summed E-state index contributed by atoms with van der Waals surface area (Å²) in [5.74, 6) is 6.97. The van der Waals surface area contributed by atoms with E-state index in [2.05, 4.69) is 44.7 Å². The Morgan fingerprint density at radius 2 is 1.68 bits per heavy atom. The fourth-order valence-corrected chi connectivity index (χ4v) is 5.75. The van der Waals surface area contributed by atoms with Gasteiger partial charge in [0, 0.05) is 32.8 Å². The van der Waals surface area contributed by atoms with Gasteiger partial charge < -0.3 is 34.3 Å². The SMILES string of the molecule is CO[C@@H](C[C@@H]1C[C@H](OCc2ccccc2)C[C@H](CC(O)CO)O1)C[C@H]1O[C@H](C[C@@H](O)C#CCC(C)C)CC[C@@H]1C. The van der Waals surface area contributed by atoms with Crippen molar-refractivity contribution in [2.24, 2.45) is 11.8 Å². The van der Waals surface area contributed by atoms with Crippen LogP contribution in [0.25, 0.3) is 0 Å². The Labute approximate surface area is 241 Å². The summed E-state index contributed by atoms with van der Waals surface area (Å²) < 4.78 is 25.1. The van der Waals surface area contributed by atoms with Gasteiger partial charge in [-0.15, -0.1) is 5.92 Å². The van der Waals surface area contributed by atoms with E-state index in [9.17, 15) is 15.3 Å². The first kappa shape index (κ1) is 33.0. The topological polar surface area (TPSA) is 97.6 Å². The Balaban J connectivity index is 1.56. The van der Waals surface area contributed by atoms with Crippen LogP contribution in [0, 0.1) is 23.7 Å². The lowest BCUT2D eigenvalue weighted by Gasteiger charge is -2.39. The Morgan fingerprint density at radius 1 is 0.950 bits per heavy atom. The van der Waals surface area contributed by atoms with Crippen molar-refractivity contribution >= 4 is 0 Å². The summed E-state index contributed by atoms with van der Waals surface area (Å²) in [5, 5.41) is 29.9. The van der Waals surface area contributed by atoms with Gasteiger partial charge in [0.2, 0.25) is 0 Å². The molecule has 0 aromatic heterocycles. The second-order valence-corrected chi connectivity index (χ2v) is 12.2. The molecule has 0 saturated carbocycles. The molecule has 0 amide bonds. The van der Waals surface area contributed by atoms with E-state index in [0.29, 0.717) is 44.1 Å². The maximum Gasteiger partial charge on any atom is 0.117 e. The highest BCUT2D eigenvalue weighted by molar-refractivity contribution is 5.13. The molecule has 2 fully saturated rings. The van der Waals surface area contributed by atoms with Gasteiger partial charge in [0.1, 0.15) is 6.10 Å². The first-order valence-corrected chi connectivity index (χ1v) is 15.2. The van der Waals surface area contributed by atoms with Gasteiger partial charge in [0.25, 0.3) is 0 Å². The molecule has 1 aromatic carbocycles. The minimum atomic E-state index is -0.810. The van der Waals surface area contributed by atoms with E-state index < -0.39 is 12.2 Å². The number of rotatable bonds is 14. The Morgan fingerprint density at radius 3 is 2.35 bits per heavy atom. The van der Waals surface area contributed by atoms with Crippen LogP contribution in [0.3, 0.4) is 0 Å². The Bertz CT molecular complexity index is 882. The molecule has 2 heterocycles. The van der Waals surface area contributed by atoms with E-state index in [1.807, 2.05) is 18.2 Å². The monoisotopic (exact) mass is 560 g/mol. The van der Waals surface area contributed by atoms with Crippen molar-refractivity contribution in [2.45, 2.75) is 134 Å². The maximum atomic E-state index is 10.4. The summed E-state index contributed by atoms with van der Waals surface area (Å²) in [6, 6.07) is 10.1. The van der Waals surface area contributed by atoms with E-state index in [1.165, 1.54) is 0 Å². The van der Waals surface area contributed by atoms with Crippen molar-refractivity contribution in [3.8, 4) is 11.8 Å². The lowest BCUT2D eigenvalue weighted by molar-refractivity contribution is -0.148. The first-order valence-electron chi connectivity index (χ1n) is 15.2. The lowest BCUT2D eigenvalue weighted by atomic mass is 9.87. The molecule has 9 atom stereocenters. The van der Waals surface area contributed by atoms with Gasteiger partial charge in [-0.25, -0.2) is 0 Å². The minimum absolute atomic E-state index is 0.000109. The first-order chi connectivity index (χ1) is 19.2. The molecule has 3 rings (SSSR count). The number of ether oxygens (including phenoxy) is 4. The maximum absolute atomic E-state index is 10.4. The number of aliphatic hydroxyl groups is 3. The molecule has 2 saturated heterocycles. The molecular formula is C33H52O7. The molecule has 0 aliphatic carbocycles. The molecule has 2 aliphatic heterocycles. The molecule has 0 bridgehead atoms. The average molecular weight is 561 g/mol. The van der Waals surface area contributed by atoms with Gasteiger partial charge in [-0.1, -0.05) is 57.0 Å². The van der Waals surface area contributed by atoms with Crippen molar-refractivity contribution in [3.63, 3.8) is 0 Å². The number of benzene rings is 1. The van der Waals surface area contributed by atoms with Crippen LogP contribution in [0.4, 0.5) is 0 Å². The molecule has 0 spiro atoms. The zero-order valence-corrected chi connectivity index (χ0v) is 24.9. The van der Waals surface area contributed by atoms with E-state index in [1.54, 1.807) is 7.11 Å². The van der Waals surface area contributed by atoms with Crippen LogP contribution >= 0.6 is 0 Å². The summed E-state index contributed by atoms with van der Waals surface area (Å²) >= 11 is 0. The smallest absolute Gasteiger partial charge is 0.117 e. The highest BCUT2D eigenvalue weighted by Crippen LogP contribution is 2.33. The molecule has 1 aromatic rings. The molecular weight excluding hydrogens is 508 g/mol. The summed E-state index contributed by atoms with van der Waals surface area (Å²) in [5.41, 5.74) is 1.13. The van der Waals surface area contributed by atoms with Crippen LogP contribution in [0.1, 0.15) is 84.1 Å². The fraction of sp³-hybridized carbons (Fsp3) is 0.758. The van der Waals surface area contributed by atoms with Crippen molar-refractivity contribution in [1.82, 2.24) is 0 Å². The predicted molar refractivity (Wildman–Crippen MR) is 156 cm³/mol.